The van der Waals surface area contributed by atoms with E-state index in [1.165, 1.54) is 0 Å². The minimum Gasteiger partial charge on any atom is -0.481 e. The minimum absolute atomic E-state index is 0.455. The molecule has 2 aliphatic rings. The van der Waals surface area contributed by atoms with Crippen LogP contribution in [0.2, 0.25) is 0 Å². The van der Waals surface area contributed by atoms with Crippen LogP contribution in [0.5, 0.6) is 0 Å². The molecule has 4 heteroatoms. The van der Waals surface area contributed by atoms with Crippen molar-refractivity contribution in [3.05, 3.63) is 35.9 Å². The van der Waals surface area contributed by atoms with E-state index in [0.29, 0.717) is 12.8 Å². The van der Waals surface area contributed by atoms with Crippen molar-refractivity contribution in [2.45, 2.75) is 18.3 Å². The normalized spacial score (nSPS) is 37.8. The molecule has 0 saturated heterocycles. The van der Waals surface area contributed by atoms with Crippen molar-refractivity contribution in [2.24, 2.45) is 11.3 Å². The Bertz CT molecular complexity index is 509. The summed E-state index contributed by atoms with van der Waals surface area (Å²) in [4.78, 5) is 22.5. The van der Waals surface area contributed by atoms with Gasteiger partial charge in [-0.15, -0.1) is 0 Å². The van der Waals surface area contributed by atoms with Gasteiger partial charge in [-0.2, -0.15) is 0 Å². The van der Waals surface area contributed by atoms with Crippen molar-refractivity contribution in [2.75, 3.05) is 0 Å². The molecule has 2 saturated carbocycles. The molecule has 2 N–H and O–H groups in total. The van der Waals surface area contributed by atoms with E-state index in [4.69, 9.17) is 5.11 Å². The zero-order valence-electron chi connectivity index (χ0n) is 9.09. The maximum Gasteiger partial charge on any atom is 0.314 e. The second-order valence-electron chi connectivity index (χ2n) is 5.00. The van der Waals surface area contributed by atoms with Gasteiger partial charge < -0.3 is 10.2 Å². The van der Waals surface area contributed by atoms with Crippen molar-refractivity contribution in [3.63, 3.8) is 0 Å². The second kappa shape index (κ2) is 2.88. The Morgan fingerprint density at radius 2 is 1.82 bits per heavy atom. The number of benzene rings is 1. The summed E-state index contributed by atoms with van der Waals surface area (Å²) in [5, 5.41) is 18.4. The number of rotatable bonds is 3. The molecule has 1 spiro atoms. The molecule has 4 nitrogen and oxygen atoms in total. The van der Waals surface area contributed by atoms with Crippen LogP contribution in [0.3, 0.4) is 0 Å². The van der Waals surface area contributed by atoms with Crippen LogP contribution in [-0.4, -0.2) is 22.2 Å². The highest BCUT2D eigenvalue weighted by atomic mass is 16.4. The summed E-state index contributed by atoms with van der Waals surface area (Å²) in [7, 11) is 0. The molecule has 1 aromatic carbocycles. The van der Waals surface area contributed by atoms with E-state index in [2.05, 4.69) is 0 Å². The Morgan fingerprint density at radius 1 is 1.18 bits per heavy atom. The van der Waals surface area contributed by atoms with Gasteiger partial charge in [0.05, 0.1) is 11.3 Å². The fourth-order valence-corrected chi connectivity index (χ4v) is 3.25. The average molecular weight is 232 g/mol. The fraction of sp³-hybridized carbons (Fsp3) is 0.385. The van der Waals surface area contributed by atoms with Gasteiger partial charge in [-0.05, 0) is 18.4 Å². The van der Waals surface area contributed by atoms with Gasteiger partial charge in [0.15, 0.2) is 0 Å². The molecule has 0 radical (unpaired) electrons. The predicted molar refractivity (Wildman–Crippen MR) is 58.5 cm³/mol. The van der Waals surface area contributed by atoms with E-state index in [0.717, 1.165) is 5.56 Å². The summed E-state index contributed by atoms with van der Waals surface area (Å²) < 4.78 is 0. The molecule has 2 fully saturated rings. The molecule has 3 unspecified atom stereocenters. The quantitative estimate of drug-likeness (QED) is 0.828. The van der Waals surface area contributed by atoms with Crippen LogP contribution in [0.4, 0.5) is 0 Å². The van der Waals surface area contributed by atoms with Crippen LogP contribution >= 0.6 is 0 Å². The fourth-order valence-electron chi connectivity index (χ4n) is 3.25. The van der Waals surface area contributed by atoms with Gasteiger partial charge in [-0.25, -0.2) is 0 Å². The van der Waals surface area contributed by atoms with E-state index in [-0.39, 0.29) is 0 Å². The van der Waals surface area contributed by atoms with E-state index < -0.39 is 28.7 Å². The lowest BCUT2D eigenvalue weighted by atomic mass is 9.91. The number of carboxylic acids is 2. The van der Waals surface area contributed by atoms with E-state index in [1.54, 1.807) is 24.3 Å². The monoisotopic (exact) mass is 232 g/mol. The smallest absolute Gasteiger partial charge is 0.314 e. The summed E-state index contributed by atoms with van der Waals surface area (Å²) in [6.45, 7) is 0. The van der Waals surface area contributed by atoms with Crippen LogP contribution < -0.4 is 0 Å². The highest BCUT2D eigenvalue weighted by Crippen LogP contribution is 2.81. The van der Waals surface area contributed by atoms with Crippen LogP contribution in [0, 0.1) is 11.3 Å². The predicted octanol–water partition coefficient (Wildman–Crippen LogP) is 1.50. The van der Waals surface area contributed by atoms with E-state index >= 15 is 0 Å². The largest absolute Gasteiger partial charge is 0.481 e. The Labute approximate surface area is 97.9 Å². The number of carboxylic acid groups (broad SMARTS) is 2. The third-order valence-electron chi connectivity index (χ3n) is 4.31. The summed E-state index contributed by atoms with van der Waals surface area (Å²) in [6.07, 6.45) is 0.944. The number of carbonyl (C=O) groups is 2. The Kier molecular flexibility index (Phi) is 1.75. The molecule has 0 bridgehead atoms. The summed E-state index contributed by atoms with van der Waals surface area (Å²) in [6, 6.07) is 8.98. The maximum absolute atomic E-state index is 11.5. The van der Waals surface area contributed by atoms with Crippen molar-refractivity contribution < 1.29 is 19.8 Å². The van der Waals surface area contributed by atoms with Gasteiger partial charge in [-0.1, -0.05) is 30.3 Å². The van der Waals surface area contributed by atoms with Crippen molar-refractivity contribution in [1.82, 2.24) is 0 Å². The van der Waals surface area contributed by atoms with E-state index in [9.17, 15) is 14.7 Å². The van der Waals surface area contributed by atoms with Gasteiger partial charge >= 0.3 is 11.9 Å². The van der Waals surface area contributed by atoms with Crippen molar-refractivity contribution in [1.29, 1.82) is 0 Å². The third-order valence-corrected chi connectivity index (χ3v) is 4.31. The van der Waals surface area contributed by atoms with Crippen LogP contribution in [-0.2, 0) is 15.0 Å². The molecular formula is C13H12O4. The lowest BCUT2D eigenvalue weighted by Crippen LogP contribution is -2.24. The molecule has 2 aliphatic carbocycles. The number of hydrogen-bond donors (Lipinski definition) is 2. The van der Waals surface area contributed by atoms with Crippen molar-refractivity contribution in [3.8, 4) is 0 Å². The van der Waals surface area contributed by atoms with Crippen LogP contribution in [0.25, 0.3) is 0 Å². The summed E-state index contributed by atoms with van der Waals surface area (Å²) >= 11 is 0. The van der Waals surface area contributed by atoms with Crippen molar-refractivity contribution >= 4 is 11.9 Å². The molecule has 0 aliphatic heterocycles. The summed E-state index contributed by atoms with van der Waals surface area (Å²) in [5.74, 6) is -2.25. The molecule has 0 heterocycles. The highest BCUT2D eigenvalue weighted by Gasteiger charge is 2.85. The Hall–Kier alpha value is -1.84. The lowest BCUT2D eigenvalue weighted by Gasteiger charge is -2.12. The first-order valence-corrected chi connectivity index (χ1v) is 5.56. The van der Waals surface area contributed by atoms with Gasteiger partial charge in [0.1, 0.15) is 0 Å². The molecular weight excluding hydrogens is 220 g/mol. The Morgan fingerprint density at radius 3 is 2.29 bits per heavy atom. The Balaban J connectivity index is 2.01. The molecule has 1 aromatic rings. The van der Waals surface area contributed by atoms with Gasteiger partial charge in [0.2, 0.25) is 0 Å². The first-order valence-electron chi connectivity index (χ1n) is 5.56. The minimum atomic E-state index is -0.961. The molecule has 3 atom stereocenters. The average Bonchev–Trinajstić information content (AvgIpc) is 3.18. The van der Waals surface area contributed by atoms with Gasteiger partial charge in [-0.3, -0.25) is 9.59 Å². The molecule has 3 rings (SSSR count). The summed E-state index contributed by atoms with van der Waals surface area (Å²) in [5.41, 5.74) is -0.750. The topological polar surface area (TPSA) is 74.6 Å². The number of hydrogen-bond acceptors (Lipinski definition) is 2. The van der Waals surface area contributed by atoms with E-state index in [1.807, 2.05) is 6.07 Å². The maximum atomic E-state index is 11.5. The number of aliphatic carboxylic acids is 2. The van der Waals surface area contributed by atoms with Gasteiger partial charge in [0, 0.05) is 5.41 Å². The van der Waals surface area contributed by atoms with Crippen LogP contribution in [0.15, 0.2) is 30.3 Å². The zero-order chi connectivity index (χ0) is 12.3. The second-order valence-corrected chi connectivity index (χ2v) is 5.00. The van der Waals surface area contributed by atoms with Gasteiger partial charge in [0.25, 0.3) is 0 Å². The first kappa shape index (κ1) is 10.3. The zero-order valence-corrected chi connectivity index (χ0v) is 9.09. The molecule has 17 heavy (non-hydrogen) atoms. The standard InChI is InChI=1S/C13H12O4/c14-10(15)9-6-12(9)7-13(12,11(16)17)8-4-2-1-3-5-8/h1-5,9H,6-7H2,(H,14,15)(H,16,17). The molecule has 0 aromatic heterocycles. The first-order chi connectivity index (χ1) is 8.04. The SMILES string of the molecule is O=C(O)C1CC12CC2(C(=O)O)c1ccccc1. The molecule has 0 amide bonds. The lowest BCUT2D eigenvalue weighted by molar-refractivity contribution is -0.141. The molecule has 88 valence electrons. The van der Waals surface area contributed by atoms with Crippen LogP contribution in [0.1, 0.15) is 18.4 Å². The third kappa shape index (κ3) is 1.07. The highest BCUT2D eigenvalue weighted by molar-refractivity contribution is 5.92.